The summed E-state index contributed by atoms with van der Waals surface area (Å²) in [7, 11) is 0. The minimum atomic E-state index is -1.12. The maximum Gasteiger partial charge on any atom is 0.348 e. The van der Waals surface area contributed by atoms with Gasteiger partial charge in [-0.3, -0.25) is 4.90 Å². The van der Waals surface area contributed by atoms with E-state index in [1.807, 2.05) is 37.3 Å². The maximum absolute atomic E-state index is 13.2. The van der Waals surface area contributed by atoms with Crippen LogP contribution in [-0.2, 0) is 6.61 Å². The highest BCUT2D eigenvalue weighted by atomic mass is 32.1. The van der Waals surface area contributed by atoms with E-state index in [0.717, 1.165) is 16.9 Å². The van der Waals surface area contributed by atoms with E-state index in [4.69, 9.17) is 9.47 Å². The number of hydrogen-bond donors (Lipinski definition) is 2. The number of amides is 2. The number of anilines is 3. The van der Waals surface area contributed by atoms with Gasteiger partial charge in [0.05, 0.1) is 28.0 Å². The number of para-hydroxylation sites is 1. The van der Waals surface area contributed by atoms with E-state index in [2.05, 4.69) is 16.4 Å². The van der Waals surface area contributed by atoms with Crippen LogP contribution in [0, 0.1) is 18.3 Å². The van der Waals surface area contributed by atoms with Crippen LogP contribution >= 0.6 is 11.3 Å². The van der Waals surface area contributed by atoms with E-state index in [1.54, 1.807) is 48.7 Å². The SMILES string of the molecule is Cc1cc(Oc2cccc(COc3ccccc3C#N)c2)ccc1N1C(=O)Nc2ccnc3sc(C(=O)O)c1c23. The number of hydrogen-bond acceptors (Lipinski definition) is 7. The van der Waals surface area contributed by atoms with Crippen LogP contribution in [0.2, 0.25) is 0 Å². The summed E-state index contributed by atoms with van der Waals surface area (Å²) in [5.74, 6) is 0.519. The lowest BCUT2D eigenvalue weighted by molar-refractivity contribution is 0.0703. The summed E-state index contributed by atoms with van der Waals surface area (Å²) >= 11 is 1.03. The summed E-state index contributed by atoms with van der Waals surface area (Å²) < 4.78 is 11.9. The van der Waals surface area contributed by atoms with Gasteiger partial charge >= 0.3 is 12.0 Å². The lowest BCUT2D eigenvalue weighted by Gasteiger charge is -2.29. The van der Waals surface area contributed by atoms with Crippen molar-refractivity contribution in [2.24, 2.45) is 0 Å². The number of ether oxygens (including phenoxy) is 2. The van der Waals surface area contributed by atoms with Crippen molar-refractivity contribution in [2.45, 2.75) is 13.5 Å². The van der Waals surface area contributed by atoms with Gasteiger partial charge in [-0.15, -0.1) is 11.3 Å². The minimum Gasteiger partial charge on any atom is -0.488 e. The second kappa shape index (κ2) is 10.1. The maximum atomic E-state index is 13.2. The molecule has 6 rings (SSSR count). The molecule has 3 heterocycles. The van der Waals surface area contributed by atoms with Crippen LogP contribution < -0.4 is 19.7 Å². The van der Waals surface area contributed by atoms with Gasteiger partial charge in [0.1, 0.15) is 39.6 Å². The Hall–Kier alpha value is -5.40. The molecule has 0 fully saturated rings. The Labute approximate surface area is 232 Å². The zero-order chi connectivity index (χ0) is 27.8. The van der Waals surface area contributed by atoms with Crippen molar-refractivity contribution < 1.29 is 24.2 Å². The normalized spacial score (nSPS) is 12.1. The molecule has 0 aliphatic carbocycles. The smallest absolute Gasteiger partial charge is 0.348 e. The first kappa shape index (κ1) is 24.9. The quantitative estimate of drug-likeness (QED) is 0.220. The second-order valence-electron chi connectivity index (χ2n) is 8.98. The van der Waals surface area contributed by atoms with Gasteiger partial charge in [0, 0.05) is 6.20 Å². The molecular formula is C30H20N4O5S. The van der Waals surface area contributed by atoms with Crippen LogP contribution in [0.4, 0.5) is 21.9 Å². The number of nitriles is 1. The number of carbonyl (C=O) groups is 2. The number of carboxylic acids is 1. The number of benzene rings is 3. The number of nitrogens with one attached hydrogen (secondary N) is 1. The highest BCUT2D eigenvalue weighted by molar-refractivity contribution is 7.21. The summed E-state index contributed by atoms with van der Waals surface area (Å²) in [5, 5.41) is 22.6. The Morgan fingerprint density at radius 2 is 1.93 bits per heavy atom. The topological polar surface area (TPSA) is 125 Å². The Bertz CT molecular complexity index is 1860. The predicted octanol–water partition coefficient (Wildman–Crippen LogP) is 7.23. The number of urea groups is 1. The molecular weight excluding hydrogens is 528 g/mol. The van der Waals surface area contributed by atoms with E-state index in [-0.39, 0.29) is 11.5 Å². The van der Waals surface area contributed by atoms with Crippen molar-refractivity contribution in [2.75, 3.05) is 10.2 Å². The molecule has 196 valence electrons. The summed E-state index contributed by atoms with van der Waals surface area (Å²) in [6.07, 6.45) is 1.54. The molecule has 0 atom stereocenters. The van der Waals surface area contributed by atoms with E-state index >= 15 is 0 Å². The van der Waals surface area contributed by atoms with Gasteiger partial charge in [-0.25, -0.2) is 14.6 Å². The molecule has 1 aliphatic heterocycles. The molecule has 0 saturated carbocycles. The van der Waals surface area contributed by atoms with Crippen LogP contribution in [0.5, 0.6) is 17.2 Å². The molecule has 10 heteroatoms. The molecule has 3 aromatic carbocycles. The van der Waals surface area contributed by atoms with Crippen molar-refractivity contribution in [3.8, 4) is 23.3 Å². The molecule has 2 N–H and O–H groups in total. The Morgan fingerprint density at radius 3 is 2.73 bits per heavy atom. The first-order valence-corrected chi connectivity index (χ1v) is 13.0. The first-order valence-electron chi connectivity index (χ1n) is 12.2. The Balaban J connectivity index is 1.26. The number of nitrogens with zero attached hydrogens (tertiary/aromatic N) is 3. The number of carboxylic acid groups (broad SMARTS) is 1. The molecule has 0 saturated heterocycles. The van der Waals surface area contributed by atoms with Crippen molar-refractivity contribution in [1.29, 1.82) is 5.26 Å². The molecule has 1 aliphatic rings. The average Bonchev–Trinajstić information content (AvgIpc) is 3.34. The minimum absolute atomic E-state index is 0.0425. The number of aromatic carboxylic acids is 1. The van der Waals surface area contributed by atoms with Crippen molar-refractivity contribution >= 4 is 50.6 Å². The number of aromatic nitrogens is 1. The fourth-order valence-corrected chi connectivity index (χ4v) is 5.59. The van der Waals surface area contributed by atoms with Gasteiger partial charge in [-0.1, -0.05) is 24.3 Å². The first-order chi connectivity index (χ1) is 19.4. The van der Waals surface area contributed by atoms with Gasteiger partial charge in [-0.2, -0.15) is 5.26 Å². The summed E-state index contributed by atoms with van der Waals surface area (Å²) in [4.78, 5) is 31.5. The Morgan fingerprint density at radius 1 is 1.10 bits per heavy atom. The molecule has 2 aromatic heterocycles. The number of pyridine rings is 1. The molecule has 2 amide bonds. The third-order valence-corrected chi connectivity index (χ3v) is 7.45. The summed E-state index contributed by atoms with van der Waals surface area (Å²) in [6, 6.07) is 23.0. The van der Waals surface area contributed by atoms with Crippen LogP contribution in [0.25, 0.3) is 10.2 Å². The van der Waals surface area contributed by atoms with Crippen LogP contribution in [0.15, 0.2) is 79.0 Å². The van der Waals surface area contributed by atoms with E-state index in [9.17, 15) is 20.0 Å². The number of thiophene rings is 1. The van der Waals surface area contributed by atoms with Gasteiger partial charge < -0.3 is 19.9 Å². The van der Waals surface area contributed by atoms with Crippen LogP contribution in [-0.4, -0.2) is 22.1 Å². The molecule has 40 heavy (non-hydrogen) atoms. The zero-order valence-electron chi connectivity index (χ0n) is 21.0. The predicted molar refractivity (Wildman–Crippen MR) is 151 cm³/mol. The summed E-state index contributed by atoms with van der Waals surface area (Å²) in [5.41, 5.74) is 3.40. The van der Waals surface area contributed by atoms with E-state index in [0.29, 0.717) is 55.7 Å². The number of carbonyl (C=O) groups excluding carboxylic acids is 1. The monoisotopic (exact) mass is 548 g/mol. The van der Waals surface area contributed by atoms with Crippen LogP contribution in [0.3, 0.4) is 0 Å². The molecule has 0 bridgehead atoms. The standard InChI is InChI=1S/C30H20N4O5S/c1-17-13-21(39-20-7-4-5-18(14-20)16-38-24-8-3-2-6-19(24)15-31)9-10-23(17)34-26-25-22(33-30(34)37)11-12-32-28(25)40-27(26)29(35)36/h2-14H,16H2,1H3,(H,33,37)(H,35,36). The summed E-state index contributed by atoms with van der Waals surface area (Å²) in [6.45, 7) is 2.09. The second-order valence-corrected chi connectivity index (χ2v) is 9.98. The van der Waals surface area contributed by atoms with Gasteiger partial charge in [-0.05, 0) is 66.6 Å². The molecule has 0 unspecified atom stereocenters. The van der Waals surface area contributed by atoms with E-state index < -0.39 is 12.0 Å². The fourth-order valence-electron chi connectivity index (χ4n) is 4.60. The number of aryl methyl sites for hydroxylation is 1. The van der Waals surface area contributed by atoms with Crippen LogP contribution in [0.1, 0.15) is 26.4 Å². The van der Waals surface area contributed by atoms with Crippen molar-refractivity contribution in [3.63, 3.8) is 0 Å². The van der Waals surface area contributed by atoms with E-state index in [1.165, 1.54) is 4.90 Å². The van der Waals surface area contributed by atoms with Crippen molar-refractivity contribution in [1.82, 2.24) is 4.98 Å². The average molecular weight is 549 g/mol. The third kappa shape index (κ3) is 4.44. The molecule has 5 aromatic rings. The van der Waals surface area contributed by atoms with Gasteiger partial charge in [0.2, 0.25) is 0 Å². The zero-order valence-corrected chi connectivity index (χ0v) is 21.9. The lowest BCUT2D eigenvalue weighted by atomic mass is 10.1. The molecule has 0 radical (unpaired) electrons. The van der Waals surface area contributed by atoms with Gasteiger partial charge in [0.15, 0.2) is 0 Å². The fraction of sp³-hybridized carbons (Fsp3) is 0.0667. The molecule has 9 nitrogen and oxygen atoms in total. The Kier molecular flexibility index (Phi) is 6.26. The van der Waals surface area contributed by atoms with Gasteiger partial charge in [0.25, 0.3) is 0 Å². The largest absolute Gasteiger partial charge is 0.488 e. The molecule has 0 spiro atoms. The third-order valence-electron chi connectivity index (χ3n) is 6.37. The lowest BCUT2D eigenvalue weighted by Crippen LogP contribution is -2.34. The highest BCUT2D eigenvalue weighted by Crippen LogP contribution is 2.47. The highest BCUT2D eigenvalue weighted by Gasteiger charge is 2.34. The van der Waals surface area contributed by atoms with Crippen molar-refractivity contribution in [3.05, 3.63) is 101 Å². The number of rotatable bonds is 7.